The number of carbonyl (C=O) groups excluding carboxylic acids is 1. The summed E-state index contributed by atoms with van der Waals surface area (Å²) in [5.74, 6) is 0.960. The van der Waals surface area contributed by atoms with Crippen molar-refractivity contribution < 1.29 is 4.79 Å². The molecule has 1 amide bonds. The fourth-order valence-corrected chi connectivity index (χ4v) is 3.58. The van der Waals surface area contributed by atoms with Crippen molar-refractivity contribution in [3.05, 3.63) is 23.8 Å². The second-order valence-corrected chi connectivity index (χ2v) is 6.68. The Labute approximate surface area is 125 Å². The fourth-order valence-electron chi connectivity index (χ4n) is 2.57. The highest BCUT2D eigenvalue weighted by Gasteiger charge is 2.15. The minimum Gasteiger partial charge on any atom is -0.398 e. The lowest BCUT2D eigenvalue weighted by Gasteiger charge is -2.22. The van der Waals surface area contributed by atoms with Gasteiger partial charge in [0.1, 0.15) is 0 Å². The highest BCUT2D eigenvalue weighted by molar-refractivity contribution is 7.99. The number of carbonyl (C=O) groups is 1. The van der Waals surface area contributed by atoms with E-state index in [4.69, 9.17) is 5.73 Å². The van der Waals surface area contributed by atoms with E-state index in [1.807, 2.05) is 12.1 Å². The standard InChI is InChI=1S/C16H24N2OS/c1-12-7-8-14(17)15(11-12)20-10-9-16(19)18-13-5-3-2-4-6-13/h7-8,11,13H,2-6,9-10,17H2,1H3,(H,18,19). The molecule has 0 unspecified atom stereocenters. The number of thioether (sulfide) groups is 1. The second kappa shape index (κ2) is 7.58. The van der Waals surface area contributed by atoms with Crippen molar-refractivity contribution >= 4 is 23.4 Å². The molecule has 3 nitrogen and oxygen atoms in total. The van der Waals surface area contributed by atoms with E-state index in [2.05, 4.69) is 18.3 Å². The summed E-state index contributed by atoms with van der Waals surface area (Å²) in [5.41, 5.74) is 7.94. The minimum absolute atomic E-state index is 0.177. The first-order chi connectivity index (χ1) is 9.65. The molecule has 0 heterocycles. The Hall–Kier alpha value is -1.16. The maximum absolute atomic E-state index is 11.9. The molecule has 1 aliphatic carbocycles. The number of anilines is 1. The highest BCUT2D eigenvalue weighted by atomic mass is 32.2. The normalized spacial score (nSPS) is 16.1. The van der Waals surface area contributed by atoms with Crippen molar-refractivity contribution in [2.24, 2.45) is 0 Å². The van der Waals surface area contributed by atoms with Gasteiger partial charge in [-0.2, -0.15) is 0 Å². The van der Waals surface area contributed by atoms with Gasteiger partial charge in [-0.25, -0.2) is 0 Å². The van der Waals surface area contributed by atoms with E-state index >= 15 is 0 Å². The number of nitrogens with two attached hydrogens (primary N) is 1. The Bertz CT molecular complexity index is 456. The second-order valence-electron chi connectivity index (χ2n) is 5.54. The first-order valence-corrected chi connectivity index (χ1v) is 8.42. The molecule has 4 heteroatoms. The molecule has 0 saturated heterocycles. The first-order valence-electron chi connectivity index (χ1n) is 7.43. The van der Waals surface area contributed by atoms with Gasteiger partial charge in [-0.3, -0.25) is 4.79 Å². The number of rotatable bonds is 5. The summed E-state index contributed by atoms with van der Waals surface area (Å²) >= 11 is 1.67. The molecule has 1 fully saturated rings. The zero-order valence-corrected chi connectivity index (χ0v) is 13.0. The van der Waals surface area contributed by atoms with Gasteiger partial charge in [0.05, 0.1) is 0 Å². The molecule has 0 aromatic heterocycles. The summed E-state index contributed by atoms with van der Waals surface area (Å²) in [5, 5.41) is 3.15. The fraction of sp³-hybridized carbons (Fsp3) is 0.562. The number of hydrogen-bond acceptors (Lipinski definition) is 3. The smallest absolute Gasteiger partial charge is 0.221 e. The van der Waals surface area contributed by atoms with Gasteiger partial charge < -0.3 is 11.1 Å². The Morgan fingerprint density at radius 1 is 1.35 bits per heavy atom. The molecular formula is C16H24N2OS. The van der Waals surface area contributed by atoms with Gasteiger partial charge in [0, 0.05) is 28.8 Å². The maximum Gasteiger partial charge on any atom is 0.221 e. The number of amides is 1. The average Bonchev–Trinajstić information content (AvgIpc) is 2.44. The summed E-state index contributed by atoms with van der Waals surface area (Å²) in [6.45, 7) is 2.05. The molecule has 1 aromatic carbocycles. The molecule has 0 bridgehead atoms. The Kier molecular flexibility index (Phi) is 5.77. The summed E-state index contributed by atoms with van der Waals surface area (Å²) in [7, 11) is 0. The molecule has 1 saturated carbocycles. The lowest BCUT2D eigenvalue weighted by atomic mass is 9.95. The van der Waals surface area contributed by atoms with Crippen LogP contribution in [0.25, 0.3) is 0 Å². The zero-order chi connectivity index (χ0) is 14.4. The van der Waals surface area contributed by atoms with E-state index in [0.29, 0.717) is 12.5 Å². The van der Waals surface area contributed by atoms with Crippen LogP contribution in [0.3, 0.4) is 0 Å². The molecule has 1 aromatic rings. The van der Waals surface area contributed by atoms with Gasteiger partial charge in [0.25, 0.3) is 0 Å². The molecule has 0 radical (unpaired) electrons. The third kappa shape index (κ3) is 4.75. The van der Waals surface area contributed by atoms with Gasteiger partial charge in [-0.1, -0.05) is 25.3 Å². The molecule has 2 rings (SSSR count). The van der Waals surface area contributed by atoms with Crippen LogP contribution in [0.5, 0.6) is 0 Å². The van der Waals surface area contributed by atoms with E-state index < -0.39 is 0 Å². The van der Waals surface area contributed by atoms with Crippen LogP contribution in [0, 0.1) is 6.92 Å². The van der Waals surface area contributed by atoms with Crippen molar-refractivity contribution in [3.8, 4) is 0 Å². The highest BCUT2D eigenvalue weighted by Crippen LogP contribution is 2.26. The molecule has 20 heavy (non-hydrogen) atoms. The molecule has 1 aliphatic rings. The molecule has 0 atom stereocenters. The maximum atomic E-state index is 11.9. The third-order valence-electron chi connectivity index (χ3n) is 3.73. The largest absolute Gasteiger partial charge is 0.398 e. The SMILES string of the molecule is Cc1ccc(N)c(SCCC(=O)NC2CCCCC2)c1. The predicted octanol–water partition coefficient (Wildman–Crippen LogP) is 3.51. The van der Waals surface area contributed by atoms with Crippen LogP contribution in [0.4, 0.5) is 5.69 Å². The van der Waals surface area contributed by atoms with Gasteiger partial charge in [-0.05, 0) is 37.5 Å². The minimum atomic E-state index is 0.177. The van der Waals surface area contributed by atoms with Crippen molar-refractivity contribution in [2.75, 3.05) is 11.5 Å². The number of hydrogen-bond donors (Lipinski definition) is 2. The van der Waals surface area contributed by atoms with E-state index in [0.717, 1.165) is 29.2 Å². The molecule has 3 N–H and O–H groups in total. The Balaban J connectivity index is 1.72. The lowest BCUT2D eigenvalue weighted by molar-refractivity contribution is -0.121. The van der Waals surface area contributed by atoms with Crippen molar-refractivity contribution in [1.82, 2.24) is 5.32 Å². The van der Waals surface area contributed by atoms with E-state index in [1.165, 1.54) is 24.8 Å². The molecular weight excluding hydrogens is 268 g/mol. The number of aryl methyl sites for hydroxylation is 1. The summed E-state index contributed by atoms with van der Waals surface area (Å²) < 4.78 is 0. The predicted molar refractivity (Wildman–Crippen MR) is 85.9 cm³/mol. The topological polar surface area (TPSA) is 55.1 Å². The summed E-state index contributed by atoms with van der Waals surface area (Å²) in [6, 6.07) is 6.43. The molecule has 0 aliphatic heterocycles. The number of nitrogen functional groups attached to an aromatic ring is 1. The number of nitrogens with one attached hydrogen (secondary N) is 1. The zero-order valence-electron chi connectivity index (χ0n) is 12.2. The van der Waals surface area contributed by atoms with Crippen molar-refractivity contribution in [2.45, 2.75) is 56.4 Å². The Morgan fingerprint density at radius 2 is 2.10 bits per heavy atom. The van der Waals surface area contributed by atoms with Crippen LogP contribution in [0.15, 0.2) is 23.1 Å². The van der Waals surface area contributed by atoms with E-state index in [9.17, 15) is 4.79 Å². The van der Waals surface area contributed by atoms with Gasteiger partial charge in [0.2, 0.25) is 5.91 Å². The summed E-state index contributed by atoms with van der Waals surface area (Å²) in [4.78, 5) is 13.0. The Morgan fingerprint density at radius 3 is 2.85 bits per heavy atom. The van der Waals surface area contributed by atoms with E-state index in [1.54, 1.807) is 11.8 Å². The van der Waals surface area contributed by atoms with Crippen LogP contribution in [0.1, 0.15) is 44.1 Å². The van der Waals surface area contributed by atoms with Gasteiger partial charge in [-0.15, -0.1) is 11.8 Å². The third-order valence-corrected chi connectivity index (χ3v) is 4.80. The van der Waals surface area contributed by atoms with Crippen molar-refractivity contribution in [3.63, 3.8) is 0 Å². The van der Waals surface area contributed by atoms with Crippen LogP contribution in [0.2, 0.25) is 0 Å². The van der Waals surface area contributed by atoms with E-state index in [-0.39, 0.29) is 5.91 Å². The van der Waals surface area contributed by atoms with Gasteiger partial charge >= 0.3 is 0 Å². The molecule has 110 valence electrons. The first kappa shape index (κ1) is 15.2. The number of benzene rings is 1. The summed E-state index contributed by atoms with van der Waals surface area (Å²) in [6.07, 6.45) is 6.66. The lowest BCUT2D eigenvalue weighted by Crippen LogP contribution is -2.36. The average molecular weight is 292 g/mol. The van der Waals surface area contributed by atoms with Crippen molar-refractivity contribution in [1.29, 1.82) is 0 Å². The van der Waals surface area contributed by atoms with Crippen LogP contribution in [-0.4, -0.2) is 17.7 Å². The van der Waals surface area contributed by atoms with Gasteiger partial charge in [0.15, 0.2) is 0 Å². The monoisotopic (exact) mass is 292 g/mol. The quantitative estimate of drug-likeness (QED) is 0.645. The van der Waals surface area contributed by atoms with Crippen LogP contribution < -0.4 is 11.1 Å². The van der Waals surface area contributed by atoms with Crippen LogP contribution in [-0.2, 0) is 4.79 Å². The van der Waals surface area contributed by atoms with Crippen LogP contribution >= 0.6 is 11.8 Å². The molecule has 0 spiro atoms.